The number of benzene rings is 1. The van der Waals surface area contributed by atoms with E-state index < -0.39 is 16.6 Å². The van der Waals surface area contributed by atoms with E-state index in [1.54, 1.807) is 0 Å². The van der Waals surface area contributed by atoms with Crippen LogP contribution in [-0.4, -0.2) is 22.9 Å². The Morgan fingerprint density at radius 3 is 2.57 bits per heavy atom. The lowest BCUT2D eigenvalue weighted by Crippen LogP contribution is -2.26. The summed E-state index contributed by atoms with van der Waals surface area (Å²) in [4.78, 5) is 27.0. The first-order valence-corrected chi connectivity index (χ1v) is 6.11. The zero-order valence-electron chi connectivity index (χ0n) is 10.8. The van der Waals surface area contributed by atoms with Crippen molar-refractivity contribution in [1.29, 1.82) is 0 Å². The molecule has 1 heterocycles. The Bertz CT molecular complexity index is 706. The number of pyridine rings is 1. The van der Waals surface area contributed by atoms with Gasteiger partial charge in [0.2, 0.25) is 0 Å². The molecule has 2 rings (SSSR count). The summed E-state index contributed by atoms with van der Waals surface area (Å²) in [5.74, 6) is -1.25. The van der Waals surface area contributed by atoms with E-state index in [0.717, 1.165) is 12.3 Å². The second kappa shape index (κ2) is 5.84. The maximum absolute atomic E-state index is 13.1. The molecular weight excluding hydrogens is 301 g/mol. The molecule has 1 aromatic carbocycles. The Morgan fingerprint density at radius 2 is 2.00 bits per heavy atom. The van der Waals surface area contributed by atoms with E-state index in [9.17, 15) is 19.3 Å². The Morgan fingerprint density at radius 1 is 1.38 bits per heavy atom. The molecule has 0 aliphatic carbocycles. The number of nitro benzene ring substituents is 1. The first-order chi connectivity index (χ1) is 9.90. The van der Waals surface area contributed by atoms with Gasteiger partial charge in [-0.3, -0.25) is 14.9 Å². The summed E-state index contributed by atoms with van der Waals surface area (Å²) in [6, 6.07) is 6.35. The Labute approximate surface area is 123 Å². The van der Waals surface area contributed by atoms with Crippen LogP contribution in [0.5, 0.6) is 0 Å². The van der Waals surface area contributed by atoms with Gasteiger partial charge in [0, 0.05) is 24.9 Å². The number of halogens is 2. The van der Waals surface area contributed by atoms with Crippen LogP contribution in [-0.2, 0) is 0 Å². The second-order valence-corrected chi connectivity index (χ2v) is 4.49. The highest BCUT2D eigenvalue weighted by atomic mass is 35.5. The van der Waals surface area contributed by atoms with Gasteiger partial charge in [0.1, 0.15) is 11.0 Å². The topological polar surface area (TPSA) is 76.3 Å². The van der Waals surface area contributed by atoms with Crippen LogP contribution in [0.3, 0.4) is 0 Å². The standard InChI is InChI=1S/C13H9ClFN3O3/c1-17(9-2-4-10(5-3-9)18(20)21)13(19)11-6-8(15)7-16-12(11)14/h2-7H,1H3. The third-order valence-electron chi connectivity index (χ3n) is 2.79. The maximum Gasteiger partial charge on any atom is 0.269 e. The fourth-order valence-corrected chi connectivity index (χ4v) is 1.85. The van der Waals surface area contributed by atoms with E-state index in [0.29, 0.717) is 5.69 Å². The number of hydrogen-bond donors (Lipinski definition) is 0. The number of anilines is 1. The van der Waals surface area contributed by atoms with Gasteiger partial charge in [0.05, 0.1) is 16.7 Å². The molecule has 1 amide bonds. The molecule has 0 unspecified atom stereocenters. The quantitative estimate of drug-likeness (QED) is 0.496. The highest BCUT2D eigenvalue weighted by Crippen LogP contribution is 2.22. The Kier molecular flexibility index (Phi) is 4.13. The fraction of sp³-hybridized carbons (Fsp3) is 0.0769. The van der Waals surface area contributed by atoms with Crippen molar-refractivity contribution in [3.63, 3.8) is 0 Å². The SMILES string of the molecule is CN(C(=O)c1cc(F)cnc1Cl)c1ccc([N+](=O)[O-])cc1. The van der Waals surface area contributed by atoms with Crippen molar-refractivity contribution >= 4 is 28.9 Å². The molecule has 0 aliphatic heterocycles. The highest BCUT2D eigenvalue weighted by Gasteiger charge is 2.19. The number of amides is 1. The van der Waals surface area contributed by atoms with Gasteiger partial charge >= 0.3 is 0 Å². The summed E-state index contributed by atoms with van der Waals surface area (Å²) in [6.45, 7) is 0. The summed E-state index contributed by atoms with van der Waals surface area (Å²) in [7, 11) is 1.45. The zero-order valence-corrected chi connectivity index (χ0v) is 11.5. The van der Waals surface area contributed by atoms with Gasteiger partial charge in [0.25, 0.3) is 11.6 Å². The minimum Gasteiger partial charge on any atom is -0.311 e. The molecule has 0 radical (unpaired) electrons. The zero-order chi connectivity index (χ0) is 15.6. The van der Waals surface area contributed by atoms with Gasteiger partial charge in [-0.05, 0) is 18.2 Å². The molecule has 6 nitrogen and oxygen atoms in total. The van der Waals surface area contributed by atoms with Crippen molar-refractivity contribution in [1.82, 2.24) is 4.98 Å². The van der Waals surface area contributed by atoms with Crippen LogP contribution in [0.1, 0.15) is 10.4 Å². The van der Waals surface area contributed by atoms with Crippen LogP contribution in [0, 0.1) is 15.9 Å². The molecular formula is C13H9ClFN3O3. The van der Waals surface area contributed by atoms with Gasteiger partial charge in [-0.15, -0.1) is 0 Å². The monoisotopic (exact) mass is 309 g/mol. The molecule has 0 bridgehead atoms. The number of carbonyl (C=O) groups is 1. The molecule has 21 heavy (non-hydrogen) atoms. The number of non-ortho nitro benzene ring substituents is 1. The van der Waals surface area contributed by atoms with Crippen molar-refractivity contribution in [2.75, 3.05) is 11.9 Å². The van der Waals surface area contributed by atoms with Crippen LogP contribution in [0.4, 0.5) is 15.8 Å². The Hall–Kier alpha value is -2.54. The van der Waals surface area contributed by atoms with E-state index in [2.05, 4.69) is 4.98 Å². The molecule has 1 aromatic heterocycles. The molecule has 108 valence electrons. The van der Waals surface area contributed by atoms with Crippen molar-refractivity contribution in [2.24, 2.45) is 0 Å². The summed E-state index contributed by atoms with van der Waals surface area (Å²) in [5, 5.41) is 10.5. The average molecular weight is 310 g/mol. The lowest BCUT2D eigenvalue weighted by atomic mass is 10.2. The van der Waals surface area contributed by atoms with Crippen molar-refractivity contribution in [3.05, 3.63) is 63.2 Å². The van der Waals surface area contributed by atoms with Crippen molar-refractivity contribution in [2.45, 2.75) is 0 Å². The number of aromatic nitrogens is 1. The lowest BCUT2D eigenvalue weighted by molar-refractivity contribution is -0.384. The number of hydrogen-bond acceptors (Lipinski definition) is 4. The maximum atomic E-state index is 13.1. The van der Waals surface area contributed by atoms with Gasteiger partial charge < -0.3 is 4.90 Å². The van der Waals surface area contributed by atoms with Crippen LogP contribution < -0.4 is 4.90 Å². The number of nitro groups is 1. The number of rotatable bonds is 3. The van der Waals surface area contributed by atoms with Gasteiger partial charge in [-0.25, -0.2) is 9.37 Å². The van der Waals surface area contributed by atoms with Crippen LogP contribution in [0.2, 0.25) is 5.15 Å². The van der Waals surface area contributed by atoms with Crippen LogP contribution in [0.25, 0.3) is 0 Å². The van der Waals surface area contributed by atoms with Crippen LogP contribution >= 0.6 is 11.6 Å². The number of carbonyl (C=O) groups excluding carboxylic acids is 1. The summed E-state index contributed by atoms with van der Waals surface area (Å²) < 4.78 is 13.1. The van der Waals surface area contributed by atoms with Crippen LogP contribution in [0.15, 0.2) is 36.5 Å². The molecule has 0 saturated carbocycles. The van der Waals surface area contributed by atoms with Crippen molar-refractivity contribution in [3.8, 4) is 0 Å². The minimum atomic E-state index is -0.681. The van der Waals surface area contributed by atoms with E-state index in [1.165, 1.54) is 36.2 Å². The first kappa shape index (κ1) is 14.9. The largest absolute Gasteiger partial charge is 0.311 e. The number of nitrogens with zero attached hydrogens (tertiary/aromatic N) is 3. The highest BCUT2D eigenvalue weighted by molar-refractivity contribution is 6.33. The molecule has 0 spiro atoms. The summed E-state index contributed by atoms with van der Waals surface area (Å²) in [6.07, 6.45) is 0.908. The van der Waals surface area contributed by atoms with Gasteiger partial charge in [0.15, 0.2) is 0 Å². The predicted molar refractivity (Wildman–Crippen MR) is 75.0 cm³/mol. The van der Waals surface area contributed by atoms with Crippen molar-refractivity contribution < 1.29 is 14.1 Å². The van der Waals surface area contributed by atoms with Gasteiger partial charge in [-0.1, -0.05) is 11.6 Å². The molecule has 0 atom stereocenters. The summed E-state index contributed by atoms with van der Waals surface area (Å²) >= 11 is 5.77. The molecule has 0 saturated heterocycles. The molecule has 2 aromatic rings. The van der Waals surface area contributed by atoms with E-state index in [-0.39, 0.29) is 16.4 Å². The van der Waals surface area contributed by atoms with E-state index in [4.69, 9.17) is 11.6 Å². The smallest absolute Gasteiger partial charge is 0.269 e. The lowest BCUT2D eigenvalue weighted by Gasteiger charge is -2.17. The van der Waals surface area contributed by atoms with E-state index >= 15 is 0 Å². The van der Waals surface area contributed by atoms with Gasteiger partial charge in [-0.2, -0.15) is 0 Å². The summed E-state index contributed by atoms with van der Waals surface area (Å²) in [5.41, 5.74) is 0.230. The molecule has 0 N–H and O–H groups in total. The molecule has 8 heteroatoms. The minimum absolute atomic E-state index is 0.0856. The first-order valence-electron chi connectivity index (χ1n) is 5.73. The van der Waals surface area contributed by atoms with E-state index in [1.807, 2.05) is 0 Å². The third kappa shape index (κ3) is 3.14. The molecule has 0 aliphatic rings. The second-order valence-electron chi connectivity index (χ2n) is 4.13. The molecule has 0 fully saturated rings. The predicted octanol–water partition coefficient (Wildman–Crippen LogP) is 3.06. The third-order valence-corrected chi connectivity index (χ3v) is 3.09. The average Bonchev–Trinajstić information content (AvgIpc) is 2.48. The fourth-order valence-electron chi connectivity index (χ4n) is 1.67. The normalized spacial score (nSPS) is 10.2. The Balaban J connectivity index is 2.30.